The van der Waals surface area contributed by atoms with Crippen LogP contribution in [0.1, 0.15) is 86.7 Å². The number of amides is 1. The van der Waals surface area contributed by atoms with E-state index in [1.807, 2.05) is 16.9 Å². The Morgan fingerprint density at radius 2 is 1.71 bits per heavy atom. The zero-order chi connectivity index (χ0) is 48.4. The van der Waals surface area contributed by atoms with E-state index in [0.29, 0.717) is 37.3 Å². The van der Waals surface area contributed by atoms with Gasteiger partial charge < -0.3 is 14.4 Å². The number of alkyl halides is 6. The SMILES string of the molecule is CC1(C)CCC(CN2CCN(c3ccc(C(=O)NS(=O)(=O)c4cnc(OCC5(F)CCN(C(CF)CF)CC5)c(C(F)(F)F)c4)c(OC4CCCC5NNCC54)c3)CC2)=C(c2ccc(Cl)cc2)C1. The molecular weight excluding hydrogens is 936 g/mol. The molecule has 2 aromatic carbocycles. The number of carbonyl (C=O) groups is 1. The van der Waals surface area contributed by atoms with Gasteiger partial charge in [-0.2, -0.15) is 13.2 Å². The van der Waals surface area contributed by atoms with Gasteiger partial charge in [0.15, 0.2) is 0 Å². The van der Waals surface area contributed by atoms with Gasteiger partial charge in [0.05, 0.1) is 17.8 Å². The summed E-state index contributed by atoms with van der Waals surface area (Å²) in [5, 5.41) is 0.701. The Morgan fingerprint density at radius 1 is 0.985 bits per heavy atom. The molecule has 4 fully saturated rings. The van der Waals surface area contributed by atoms with Gasteiger partial charge >= 0.3 is 6.18 Å². The van der Waals surface area contributed by atoms with E-state index in [-0.39, 0.29) is 66.8 Å². The van der Waals surface area contributed by atoms with Crippen molar-refractivity contribution in [3.05, 3.63) is 82.0 Å². The molecule has 4 heterocycles. The second kappa shape index (κ2) is 20.7. The van der Waals surface area contributed by atoms with Crippen molar-refractivity contribution in [1.29, 1.82) is 0 Å². The summed E-state index contributed by atoms with van der Waals surface area (Å²) >= 11 is 6.24. The molecule has 20 heteroatoms. The molecule has 3 N–H and O–H groups in total. The smallest absolute Gasteiger partial charge is 0.421 e. The number of aromatic nitrogens is 1. The molecule has 1 amide bonds. The highest BCUT2D eigenvalue weighted by Gasteiger charge is 2.42. The largest absolute Gasteiger partial charge is 0.489 e. The first-order chi connectivity index (χ1) is 32.3. The highest BCUT2D eigenvalue weighted by molar-refractivity contribution is 7.90. The molecule has 1 saturated carbocycles. The number of piperazine rings is 1. The van der Waals surface area contributed by atoms with E-state index in [0.717, 1.165) is 57.4 Å². The minimum Gasteiger partial charge on any atom is -0.489 e. The topological polar surface area (TPSA) is 128 Å². The lowest BCUT2D eigenvalue weighted by atomic mass is 9.72. The Labute approximate surface area is 399 Å². The van der Waals surface area contributed by atoms with Gasteiger partial charge in [-0.25, -0.2) is 31.3 Å². The summed E-state index contributed by atoms with van der Waals surface area (Å²) in [4.78, 5) is 22.7. The first kappa shape index (κ1) is 50.3. The number of fused-ring (bicyclic) bond motifs is 1. The molecule has 0 bridgehead atoms. The number of piperidine rings is 1. The number of ether oxygens (including phenoxy) is 2. The van der Waals surface area contributed by atoms with Crippen LogP contribution in [0, 0.1) is 11.3 Å². The molecule has 8 rings (SSSR count). The van der Waals surface area contributed by atoms with Crippen LogP contribution in [-0.4, -0.2) is 125 Å². The number of rotatable bonds is 15. The van der Waals surface area contributed by atoms with Gasteiger partial charge in [-0.3, -0.25) is 25.4 Å². The Morgan fingerprint density at radius 3 is 2.40 bits per heavy atom. The molecule has 5 aliphatic rings. The molecule has 1 aromatic heterocycles. The number of hydrazine groups is 1. The van der Waals surface area contributed by atoms with Gasteiger partial charge in [-0.05, 0) is 98.2 Å². The van der Waals surface area contributed by atoms with Gasteiger partial charge in [0.1, 0.15) is 47.9 Å². The van der Waals surface area contributed by atoms with Crippen LogP contribution in [0.3, 0.4) is 0 Å². The van der Waals surface area contributed by atoms with Crippen molar-refractivity contribution in [2.45, 2.75) is 100 Å². The summed E-state index contributed by atoms with van der Waals surface area (Å²) in [6.45, 7) is 6.11. The van der Waals surface area contributed by atoms with Crippen LogP contribution in [0.5, 0.6) is 11.6 Å². The number of nitrogens with one attached hydrogen (secondary N) is 3. The molecule has 68 heavy (non-hydrogen) atoms. The van der Waals surface area contributed by atoms with Gasteiger partial charge in [-0.15, -0.1) is 0 Å². The minimum absolute atomic E-state index is 0.0390. The van der Waals surface area contributed by atoms with E-state index in [2.05, 4.69) is 51.6 Å². The number of carbonyl (C=O) groups excluding carboxylic acids is 1. The quantitative estimate of drug-likeness (QED) is 0.128. The second-order valence-corrected chi connectivity index (χ2v) is 21.8. The minimum atomic E-state index is -5.19. The van der Waals surface area contributed by atoms with Crippen molar-refractivity contribution in [3.8, 4) is 11.6 Å². The zero-order valence-corrected chi connectivity index (χ0v) is 39.9. The molecule has 3 aliphatic heterocycles. The first-order valence-corrected chi connectivity index (χ1v) is 25.3. The van der Waals surface area contributed by atoms with E-state index in [9.17, 15) is 35.2 Å². The van der Waals surface area contributed by atoms with E-state index in [4.69, 9.17) is 21.1 Å². The maximum Gasteiger partial charge on any atom is 0.421 e. The van der Waals surface area contributed by atoms with E-state index in [1.54, 1.807) is 12.1 Å². The Hall–Kier alpha value is -4.14. The van der Waals surface area contributed by atoms with Crippen LogP contribution in [0.4, 0.5) is 32.0 Å². The average molecular weight is 997 g/mol. The highest BCUT2D eigenvalue weighted by Crippen LogP contribution is 2.44. The summed E-state index contributed by atoms with van der Waals surface area (Å²) < 4.78 is 126. The number of hydrogen-bond donors (Lipinski definition) is 3. The Kier molecular flexibility index (Phi) is 15.3. The number of sulfonamides is 1. The molecule has 2 aliphatic carbocycles. The lowest BCUT2D eigenvalue weighted by Gasteiger charge is -2.39. The van der Waals surface area contributed by atoms with E-state index >= 15 is 4.39 Å². The van der Waals surface area contributed by atoms with E-state index in [1.165, 1.54) is 27.7 Å². The normalized spacial score (nSPS) is 23.7. The van der Waals surface area contributed by atoms with Crippen LogP contribution in [0.25, 0.3) is 5.57 Å². The van der Waals surface area contributed by atoms with Gasteiger partial charge in [-0.1, -0.05) is 43.2 Å². The predicted octanol–water partition coefficient (Wildman–Crippen LogP) is 8.17. The van der Waals surface area contributed by atoms with Gasteiger partial charge in [0.25, 0.3) is 15.9 Å². The number of benzene rings is 2. The molecule has 0 radical (unpaired) electrons. The summed E-state index contributed by atoms with van der Waals surface area (Å²) in [5.74, 6) is -1.96. The molecule has 372 valence electrons. The fourth-order valence-corrected chi connectivity index (χ4v) is 11.3. The van der Waals surface area contributed by atoms with Crippen LogP contribution in [-0.2, 0) is 16.2 Å². The third kappa shape index (κ3) is 11.7. The summed E-state index contributed by atoms with van der Waals surface area (Å²) in [6.07, 6.45) is 0.151. The third-order valence-electron chi connectivity index (χ3n) is 14.3. The van der Waals surface area contributed by atoms with Crippen LogP contribution < -0.4 is 29.9 Å². The molecule has 3 aromatic rings. The highest BCUT2D eigenvalue weighted by atomic mass is 35.5. The number of likely N-dealkylation sites (tertiary alicyclic amines) is 1. The number of hydrogen-bond acceptors (Lipinski definition) is 11. The fraction of sp³-hybridized carbons (Fsp3) is 0.583. The third-order valence-corrected chi connectivity index (χ3v) is 15.9. The summed E-state index contributed by atoms with van der Waals surface area (Å²) in [7, 11) is -4.98. The van der Waals surface area contributed by atoms with Crippen molar-refractivity contribution in [1.82, 2.24) is 30.4 Å². The number of nitrogens with zero attached hydrogens (tertiary/aromatic N) is 4. The zero-order valence-electron chi connectivity index (χ0n) is 38.3. The molecule has 0 spiro atoms. The lowest BCUT2D eigenvalue weighted by Crippen LogP contribution is -2.50. The first-order valence-electron chi connectivity index (χ1n) is 23.4. The maximum atomic E-state index is 15.6. The standard InChI is InChI=1S/C48H60ClF6N7O5S/c1-46(2)13-12-32(38(24-46)31-6-8-33(49)9-7-31)29-60-18-20-62(21-19-60)34-10-11-37(43(22-34)67-42-5-3-4-41-39(42)28-57-58-41)44(63)59-68(64,65)36-23-40(48(53,54)55)45(56-27-36)66-30-47(52)14-16-61(17-15-47)35(25-50)26-51/h6-11,22-23,27,35,39,41-42,57-58H,3-5,12-21,24-26,28-30H2,1-2H3,(H,59,63). The van der Waals surface area contributed by atoms with Crippen molar-refractivity contribution in [2.24, 2.45) is 11.3 Å². The van der Waals surface area contributed by atoms with Crippen molar-refractivity contribution in [3.63, 3.8) is 0 Å². The maximum absolute atomic E-state index is 15.6. The van der Waals surface area contributed by atoms with Crippen LogP contribution in [0.15, 0.2) is 65.2 Å². The van der Waals surface area contributed by atoms with E-state index < -0.39 is 70.1 Å². The number of pyridine rings is 1. The molecule has 3 atom stereocenters. The molecule has 3 saturated heterocycles. The predicted molar refractivity (Wildman–Crippen MR) is 248 cm³/mol. The summed E-state index contributed by atoms with van der Waals surface area (Å²) in [6, 6.07) is 12.4. The van der Waals surface area contributed by atoms with Crippen LogP contribution >= 0.6 is 11.6 Å². The second-order valence-electron chi connectivity index (χ2n) is 19.7. The van der Waals surface area contributed by atoms with Crippen LogP contribution in [0.2, 0.25) is 5.02 Å². The Bertz CT molecular complexity index is 2410. The van der Waals surface area contributed by atoms with Gasteiger partial charge in [0.2, 0.25) is 5.88 Å². The summed E-state index contributed by atoms with van der Waals surface area (Å²) in [5.41, 5.74) is 7.60. The fourth-order valence-electron chi connectivity index (χ4n) is 10.2. The van der Waals surface area contributed by atoms with Gasteiger partial charge in [0, 0.05) is 81.1 Å². The number of allylic oxidation sites excluding steroid dienone is 1. The number of halogens is 7. The lowest BCUT2D eigenvalue weighted by molar-refractivity contribution is -0.140. The van der Waals surface area contributed by atoms with Crippen molar-refractivity contribution >= 4 is 38.8 Å². The Balaban J connectivity index is 0.980. The molecular formula is C48H60ClF6N7O5S. The van der Waals surface area contributed by atoms with Crippen molar-refractivity contribution < 1.29 is 49.0 Å². The average Bonchev–Trinajstić information content (AvgIpc) is 3.80. The monoisotopic (exact) mass is 995 g/mol. The number of anilines is 1. The molecule has 3 unspecified atom stereocenters. The van der Waals surface area contributed by atoms with Crippen molar-refractivity contribution in [2.75, 3.05) is 77.2 Å². The molecule has 12 nitrogen and oxygen atoms in total.